The molecule has 0 saturated heterocycles. The zero-order chi connectivity index (χ0) is 14.4. The summed E-state index contributed by atoms with van der Waals surface area (Å²) >= 11 is 0. The second-order valence-corrected chi connectivity index (χ2v) is 5.77. The van der Waals surface area contributed by atoms with Crippen molar-refractivity contribution in [1.29, 1.82) is 0 Å². The number of hydrogen-bond donors (Lipinski definition) is 2. The third-order valence-corrected chi connectivity index (χ3v) is 4.36. The van der Waals surface area contributed by atoms with Crippen molar-refractivity contribution in [3.05, 3.63) is 41.3 Å². The number of phenols is 1. The SMILES string of the molecule is O=C1CC(c2cccc(O)c2)c2nc3n(c2N1)CCCC3. The van der Waals surface area contributed by atoms with Gasteiger partial charge >= 0.3 is 0 Å². The van der Waals surface area contributed by atoms with Crippen LogP contribution in [-0.2, 0) is 17.8 Å². The van der Waals surface area contributed by atoms with Gasteiger partial charge in [0.05, 0.1) is 5.69 Å². The Balaban J connectivity index is 1.84. The third kappa shape index (κ3) is 2.00. The van der Waals surface area contributed by atoms with E-state index < -0.39 is 0 Å². The second kappa shape index (κ2) is 4.62. The number of rotatable bonds is 1. The number of aromatic nitrogens is 2. The lowest BCUT2D eigenvalue weighted by Gasteiger charge is -2.24. The van der Waals surface area contributed by atoms with Crippen molar-refractivity contribution in [1.82, 2.24) is 9.55 Å². The first-order valence-corrected chi connectivity index (χ1v) is 7.40. The molecule has 0 aliphatic carbocycles. The van der Waals surface area contributed by atoms with E-state index in [4.69, 9.17) is 4.98 Å². The average Bonchev–Trinajstić information content (AvgIpc) is 2.85. The fraction of sp³-hybridized carbons (Fsp3) is 0.375. The van der Waals surface area contributed by atoms with E-state index in [2.05, 4.69) is 9.88 Å². The zero-order valence-corrected chi connectivity index (χ0v) is 11.7. The minimum atomic E-state index is -0.0704. The summed E-state index contributed by atoms with van der Waals surface area (Å²) in [6, 6.07) is 7.13. The highest BCUT2D eigenvalue weighted by atomic mass is 16.3. The van der Waals surface area contributed by atoms with Gasteiger partial charge < -0.3 is 15.0 Å². The van der Waals surface area contributed by atoms with Gasteiger partial charge in [-0.2, -0.15) is 0 Å². The molecule has 1 atom stereocenters. The summed E-state index contributed by atoms with van der Waals surface area (Å²) in [5.74, 6) is 2.10. The van der Waals surface area contributed by atoms with E-state index >= 15 is 0 Å². The van der Waals surface area contributed by atoms with Gasteiger partial charge in [0.25, 0.3) is 0 Å². The van der Waals surface area contributed by atoms with Gasteiger partial charge in [0.2, 0.25) is 5.91 Å². The van der Waals surface area contributed by atoms with Crippen LogP contribution in [0.25, 0.3) is 0 Å². The molecule has 2 aliphatic rings. The molecule has 4 rings (SSSR count). The molecule has 0 bridgehead atoms. The molecule has 2 aliphatic heterocycles. The Labute approximate surface area is 122 Å². The van der Waals surface area contributed by atoms with Gasteiger partial charge in [0.1, 0.15) is 17.4 Å². The molecule has 3 heterocycles. The van der Waals surface area contributed by atoms with Gasteiger partial charge in [-0.1, -0.05) is 12.1 Å². The number of nitrogens with one attached hydrogen (secondary N) is 1. The van der Waals surface area contributed by atoms with Crippen molar-refractivity contribution < 1.29 is 9.90 Å². The van der Waals surface area contributed by atoms with E-state index in [0.717, 1.165) is 48.7 Å². The zero-order valence-electron chi connectivity index (χ0n) is 11.7. The van der Waals surface area contributed by atoms with Crippen LogP contribution in [0.2, 0.25) is 0 Å². The quantitative estimate of drug-likeness (QED) is 0.844. The maximum Gasteiger partial charge on any atom is 0.226 e. The van der Waals surface area contributed by atoms with Crippen molar-refractivity contribution >= 4 is 11.7 Å². The maximum absolute atomic E-state index is 12.1. The highest BCUT2D eigenvalue weighted by Crippen LogP contribution is 2.39. The minimum Gasteiger partial charge on any atom is -0.508 e. The molecule has 1 aromatic heterocycles. The van der Waals surface area contributed by atoms with Crippen molar-refractivity contribution in [2.45, 2.75) is 38.1 Å². The Hall–Kier alpha value is -2.30. The molecule has 108 valence electrons. The largest absolute Gasteiger partial charge is 0.508 e. The van der Waals surface area contributed by atoms with Crippen molar-refractivity contribution in [2.24, 2.45) is 0 Å². The second-order valence-electron chi connectivity index (χ2n) is 5.77. The van der Waals surface area contributed by atoms with E-state index in [1.165, 1.54) is 0 Å². The number of benzene rings is 1. The molecular weight excluding hydrogens is 266 g/mol. The van der Waals surface area contributed by atoms with Gasteiger partial charge in [-0.05, 0) is 30.5 Å². The van der Waals surface area contributed by atoms with Gasteiger partial charge in [-0.3, -0.25) is 4.79 Å². The number of carbonyl (C=O) groups excluding carboxylic acids is 1. The van der Waals surface area contributed by atoms with Crippen LogP contribution in [0.15, 0.2) is 24.3 Å². The van der Waals surface area contributed by atoms with E-state index in [1.54, 1.807) is 12.1 Å². The first kappa shape index (κ1) is 12.4. The lowest BCUT2D eigenvalue weighted by molar-refractivity contribution is -0.116. The predicted octanol–water partition coefficient (Wildman–Crippen LogP) is 2.40. The maximum atomic E-state index is 12.1. The third-order valence-electron chi connectivity index (χ3n) is 4.36. The molecule has 2 aromatic rings. The normalized spacial score (nSPS) is 20.6. The van der Waals surface area contributed by atoms with Gasteiger partial charge in [0, 0.05) is 25.3 Å². The summed E-state index contributed by atoms with van der Waals surface area (Å²) in [6.45, 7) is 0.921. The Morgan fingerprint density at radius 1 is 1.33 bits per heavy atom. The highest BCUT2D eigenvalue weighted by molar-refractivity contribution is 5.94. The molecule has 1 amide bonds. The Morgan fingerprint density at radius 2 is 2.24 bits per heavy atom. The predicted molar refractivity (Wildman–Crippen MR) is 78.4 cm³/mol. The topological polar surface area (TPSA) is 67.1 Å². The molecular formula is C16H17N3O2. The number of aryl methyl sites for hydroxylation is 1. The number of fused-ring (bicyclic) bond motifs is 3. The fourth-order valence-electron chi connectivity index (χ4n) is 3.36. The molecule has 0 spiro atoms. The van der Waals surface area contributed by atoms with Crippen LogP contribution < -0.4 is 5.32 Å². The van der Waals surface area contributed by atoms with E-state index in [9.17, 15) is 9.90 Å². The summed E-state index contributed by atoms with van der Waals surface area (Å²) in [5, 5.41) is 12.7. The number of amides is 1. The molecule has 0 fully saturated rings. The number of nitrogens with zero attached hydrogens (tertiary/aromatic N) is 2. The molecule has 0 radical (unpaired) electrons. The lowest BCUT2D eigenvalue weighted by Crippen LogP contribution is -2.25. The van der Waals surface area contributed by atoms with Crippen LogP contribution in [0.3, 0.4) is 0 Å². The van der Waals surface area contributed by atoms with Crippen LogP contribution in [-0.4, -0.2) is 20.6 Å². The first-order valence-electron chi connectivity index (χ1n) is 7.40. The molecule has 2 N–H and O–H groups in total. The van der Waals surface area contributed by atoms with E-state index in [-0.39, 0.29) is 17.6 Å². The van der Waals surface area contributed by atoms with Crippen molar-refractivity contribution in [3.63, 3.8) is 0 Å². The average molecular weight is 283 g/mol. The number of phenolic OH excluding ortho intramolecular Hbond substituents is 1. The highest BCUT2D eigenvalue weighted by Gasteiger charge is 2.33. The van der Waals surface area contributed by atoms with Crippen LogP contribution in [0.4, 0.5) is 5.82 Å². The Morgan fingerprint density at radius 3 is 3.10 bits per heavy atom. The monoisotopic (exact) mass is 283 g/mol. The summed E-state index contributed by atoms with van der Waals surface area (Å²) in [4.78, 5) is 16.8. The minimum absolute atomic E-state index is 0.0177. The lowest BCUT2D eigenvalue weighted by atomic mass is 9.90. The summed E-state index contributed by atoms with van der Waals surface area (Å²) in [6.07, 6.45) is 3.63. The van der Waals surface area contributed by atoms with Gasteiger partial charge in [-0.15, -0.1) is 0 Å². The van der Waals surface area contributed by atoms with Crippen LogP contribution in [0, 0.1) is 0 Å². The summed E-state index contributed by atoms with van der Waals surface area (Å²) in [7, 11) is 0. The molecule has 5 heteroatoms. The van der Waals surface area contributed by atoms with Crippen LogP contribution in [0.1, 0.15) is 42.3 Å². The molecule has 5 nitrogen and oxygen atoms in total. The van der Waals surface area contributed by atoms with Crippen molar-refractivity contribution in [3.8, 4) is 5.75 Å². The molecule has 0 saturated carbocycles. The molecule has 1 unspecified atom stereocenters. The number of imidazole rings is 1. The first-order chi connectivity index (χ1) is 10.2. The van der Waals surface area contributed by atoms with Crippen molar-refractivity contribution in [2.75, 3.05) is 5.32 Å². The van der Waals surface area contributed by atoms with Gasteiger partial charge in [-0.25, -0.2) is 4.98 Å². The number of hydrogen-bond acceptors (Lipinski definition) is 3. The standard InChI is InChI=1S/C16H17N3O2/c20-11-5-3-4-10(8-11)12-9-14(21)18-16-15(12)17-13-6-1-2-7-19(13)16/h3-5,8,12,20H,1-2,6-7,9H2,(H,18,21). The summed E-state index contributed by atoms with van der Waals surface area (Å²) < 4.78 is 2.14. The molecule has 21 heavy (non-hydrogen) atoms. The number of anilines is 1. The fourth-order valence-corrected chi connectivity index (χ4v) is 3.36. The smallest absolute Gasteiger partial charge is 0.226 e. The Kier molecular flexibility index (Phi) is 2.74. The molecule has 1 aromatic carbocycles. The summed E-state index contributed by atoms with van der Waals surface area (Å²) in [5.41, 5.74) is 1.89. The van der Waals surface area contributed by atoms with Crippen LogP contribution in [0.5, 0.6) is 5.75 Å². The Bertz CT molecular complexity index is 720. The van der Waals surface area contributed by atoms with E-state index in [1.807, 2.05) is 12.1 Å². The van der Waals surface area contributed by atoms with Crippen LogP contribution >= 0.6 is 0 Å². The number of aromatic hydroxyl groups is 1. The number of carbonyl (C=O) groups is 1. The van der Waals surface area contributed by atoms with Gasteiger partial charge in [0.15, 0.2) is 0 Å². The van der Waals surface area contributed by atoms with E-state index in [0.29, 0.717) is 6.42 Å².